The van der Waals surface area contributed by atoms with E-state index in [1.165, 1.54) is 5.69 Å². The number of carbonyl (C=O) groups excluding carboxylic acids is 3. The van der Waals surface area contributed by atoms with Crippen molar-refractivity contribution >= 4 is 37.4 Å². The second kappa shape index (κ2) is 25.8. The molecule has 0 spiro atoms. The van der Waals surface area contributed by atoms with Gasteiger partial charge in [-0.3, -0.25) is 0 Å². The molecule has 9 nitrogen and oxygen atoms in total. The molecular formula is C24H45N3O6. The number of hydrogen-bond donors (Lipinski definition) is 0. The first kappa shape index (κ1) is 35.1. The van der Waals surface area contributed by atoms with Crippen molar-refractivity contribution in [3.05, 3.63) is 18.2 Å². The summed E-state index contributed by atoms with van der Waals surface area (Å²) in [6, 6.07) is 6.68. The van der Waals surface area contributed by atoms with Crippen molar-refractivity contribution in [2.45, 2.75) is 41.5 Å². The molecule has 0 aromatic heterocycles. The maximum Gasteiger partial charge on any atom is 0.120 e. The smallest absolute Gasteiger partial charge is 0.120 e. The largest absolute Gasteiger partial charge is 0.372 e. The molecule has 1 aromatic carbocycles. The lowest BCUT2D eigenvalue weighted by atomic mass is 10.2. The monoisotopic (exact) mass is 471 g/mol. The molecule has 0 radical (unpaired) electrons. The van der Waals surface area contributed by atoms with Crippen molar-refractivity contribution in [2.24, 2.45) is 0 Å². The average molecular weight is 472 g/mol. The zero-order chi connectivity index (χ0) is 26.1. The van der Waals surface area contributed by atoms with Gasteiger partial charge in [-0.2, -0.15) is 0 Å². The van der Waals surface area contributed by atoms with Crippen LogP contribution in [0.2, 0.25) is 0 Å². The molecule has 0 aliphatic carbocycles. The number of ether oxygens (including phenoxy) is 3. The Balaban J connectivity index is -0.00000138. The first-order valence-electron chi connectivity index (χ1n) is 11.1. The predicted molar refractivity (Wildman–Crippen MR) is 136 cm³/mol. The van der Waals surface area contributed by atoms with E-state index in [9.17, 15) is 0 Å². The van der Waals surface area contributed by atoms with Crippen LogP contribution in [0.5, 0.6) is 0 Å². The van der Waals surface area contributed by atoms with E-state index in [-0.39, 0.29) is 0 Å². The SMILES string of the molecule is C=O.C=O.C=O.CCOCN(CC)c1cc(N(CC)CC)cc(N(COCC)COCC)c1. The van der Waals surface area contributed by atoms with Gasteiger partial charge in [-0.1, -0.05) is 0 Å². The van der Waals surface area contributed by atoms with Crippen LogP contribution in [-0.2, 0) is 28.6 Å². The zero-order valence-electron chi connectivity index (χ0n) is 21.5. The number of nitrogens with zero attached hydrogens (tertiary/aromatic N) is 3. The summed E-state index contributed by atoms with van der Waals surface area (Å²) < 4.78 is 17.0. The minimum atomic E-state index is 0.509. The Morgan fingerprint density at radius 1 is 0.515 bits per heavy atom. The summed E-state index contributed by atoms with van der Waals surface area (Å²) in [5, 5.41) is 0. The van der Waals surface area contributed by atoms with Crippen LogP contribution in [0.3, 0.4) is 0 Å². The quantitative estimate of drug-likeness (QED) is 0.356. The maximum atomic E-state index is 8.00. The second-order valence-corrected chi connectivity index (χ2v) is 6.14. The fourth-order valence-corrected chi connectivity index (χ4v) is 2.86. The molecule has 0 unspecified atom stereocenters. The van der Waals surface area contributed by atoms with Crippen molar-refractivity contribution in [3.8, 4) is 0 Å². The minimum Gasteiger partial charge on any atom is -0.372 e. The van der Waals surface area contributed by atoms with Gasteiger partial charge in [0.2, 0.25) is 0 Å². The predicted octanol–water partition coefficient (Wildman–Crippen LogP) is 3.59. The van der Waals surface area contributed by atoms with Gasteiger partial charge >= 0.3 is 0 Å². The highest BCUT2D eigenvalue weighted by atomic mass is 16.5. The lowest BCUT2D eigenvalue weighted by Gasteiger charge is -2.30. The fourth-order valence-electron chi connectivity index (χ4n) is 2.86. The van der Waals surface area contributed by atoms with Crippen LogP contribution < -0.4 is 14.7 Å². The Kier molecular flexibility index (Phi) is 27.4. The van der Waals surface area contributed by atoms with Crippen LogP contribution in [0.4, 0.5) is 17.1 Å². The van der Waals surface area contributed by atoms with Crippen LogP contribution in [0.1, 0.15) is 41.5 Å². The molecule has 1 rings (SSSR count). The molecule has 0 fully saturated rings. The zero-order valence-corrected chi connectivity index (χ0v) is 21.5. The molecule has 0 atom stereocenters. The molecular weight excluding hydrogens is 426 g/mol. The summed E-state index contributed by atoms with van der Waals surface area (Å²) in [6.07, 6.45) is 0. The molecule has 0 saturated heterocycles. The molecule has 0 aliphatic rings. The van der Waals surface area contributed by atoms with Gasteiger partial charge in [0.15, 0.2) is 0 Å². The van der Waals surface area contributed by atoms with Crippen LogP contribution in [0, 0.1) is 0 Å². The van der Waals surface area contributed by atoms with E-state index >= 15 is 0 Å². The second-order valence-electron chi connectivity index (χ2n) is 6.14. The normalized spacial score (nSPS) is 9.27. The lowest BCUT2D eigenvalue weighted by molar-refractivity contribution is -0.0987. The van der Waals surface area contributed by atoms with Gasteiger partial charge in [-0.15, -0.1) is 0 Å². The molecule has 0 saturated carbocycles. The van der Waals surface area contributed by atoms with E-state index in [0.29, 0.717) is 40.0 Å². The number of hydrogen-bond acceptors (Lipinski definition) is 9. The Hall–Kier alpha value is -2.49. The van der Waals surface area contributed by atoms with E-state index in [4.69, 9.17) is 28.6 Å². The molecule has 1 aromatic rings. The molecule has 0 heterocycles. The molecule has 0 bridgehead atoms. The number of benzene rings is 1. The van der Waals surface area contributed by atoms with Crippen molar-refractivity contribution < 1.29 is 28.6 Å². The highest BCUT2D eigenvalue weighted by molar-refractivity contribution is 5.69. The van der Waals surface area contributed by atoms with Crippen molar-refractivity contribution in [2.75, 3.05) is 74.3 Å². The molecule has 33 heavy (non-hydrogen) atoms. The topological polar surface area (TPSA) is 88.6 Å². The van der Waals surface area contributed by atoms with Gasteiger partial charge in [0, 0.05) is 56.5 Å². The van der Waals surface area contributed by atoms with Crippen molar-refractivity contribution in [1.29, 1.82) is 0 Å². The lowest BCUT2D eigenvalue weighted by Crippen LogP contribution is -2.31. The van der Waals surface area contributed by atoms with Gasteiger partial charge < -0.3 is 43.3 Å². The van der Waals surface area contributed by atoms with Gasteiger partial charge in [0.25, 0.3) is 0 Å². The third-order valence-corrected chi connectivity index (χ3v) is 4.48. The highest BCUT2D eigenvalue weighted by Gasteiger charge is 2.15. The fraction of sp³-hybridized carbons (Fsp3) is 0.625. The van der Waals surface area contributed by atoms with Gasteiger partial charge in [-0.05, 0) is 59.7 Å². The van der Waals surface area contributed by atoms with Crippen LogP contribution in [-0.4, -0.2) is 80.0 Å². The maximum absolute atomic E-state index is 8.00. The summed E-state index contributed by atoms with van der Waals surface area (Å²) in [5.74, 6) is 0. The van der Waals surface area contributed by atoms with E-state index < -0.39 is 0 Å². The highest BCUT2D eigenvalue weighted by Crippen LogP contribution is 2.30. The summed E-state index contributed by atoms with van der Waals surface area (Å²) >= 11 is 0. The summed E-state index contributed by atoms with van der Waals surface area (Å²) in [5.41, 5.74) is 3.47. The minimum absolute atomic E-state index is 0.509. The van der Waals surface area contributed by atoms with Gasteiger partial charge in [0.1, 0.15) is 40.6 Å². The van der Waals surface area contributed by atoms with Crippen molar-refractivity contribution in [3.63, 3.8) is 0 Å². The first-order valence-corrected chi connectivity index (χ1v) is 11.1. The van der Waals surface area contributed by atoms with Crippen molar-refractivity contribution in [1.82, 2.24) is 0 Å². The molecule has 0 amide bonds. The van der Waals surface area contributed by atoms with Gasteiger partial charge in [-0.25, -0.2) is 0 Å². The standard InChI is InChI=1S/C21H39N3O3.3CH2O/c1-7-22(8-2)19-13-20(23(9-3)16-25-10-4)15-21(14-19)24(17-26-11-5)18-27-12-6;3*1-2/h13-15H,7-12,16-18H2,1-6H3;3*1H2. The molecule has 192 valence electrons. The van der Waals surface area contributed by atoms with Crippen LogP contribution in [0.15, 0.2) is 18.2 Å². The summed E-state index contributed by atoms with van der Waals surface area (Å²) in [4.78, 5) is 30.7. The average Bonchev–Trinajstić information content (AvgIpc) is 2.89. The summed E-state index contributed by atoms with van der Waals surface area (Å²) in [7, 11) is 0. The molecule has 0 N–H and O–H groups in total. The van der Waals surface area contributed by atoms with Crippen LogP contribution >= 0.6 is 0 Å². The number of carbonyl (C=O) groups is 3. The Morgan fingerprint density at radius 2 is 0.788 bits per heavy atom. The Labute approximate surface area is 200 Å². The summed E-state index contributed by atoms with van der Waals surface area (Å²) in [6.45, 7) is 25.1. The van der Waals surface area contributed by atoms with Gasteiger partial charge in [0.05, 0.1) is 0 Å². The number of anilines is 3. The first-order chi connectivity index (χ1) is 16.1. The Bertz CT molecular complexity index is 548. The van der Waals surface area contributed by atoms with E-state index in [1.807, 2.05) is 41.1 Å². The number of rotatable bonds is 15. The Morgan fingerprint density at radius 3 is 1.09 bits per heavy atom. The van der Waals surface area contributed by atoms with E-state index in [2.05, 4.69) is 53.7 Å². The molecule has 9 heteroatoms. The van der Waals surface area contributed by atoms with E-state index in [0.717, 1.165) is 31.0 Å². The van der Waals surface area contributed by atoms with Crippen LogP contribution in [0.25, 0.3) is 0 Å². The molecule has 0 aliphatic heterocycles. The van der Waals surface area contributed by atoms with E-state index in [1.54, 1.807) is 0 Å². The third-order valence-electron chi connectivity index (χ3n) is 4.48. The third kappa shape index (κ3) is 14.3.